The van der Waals surface area contributed by atoms with E-state index in [9.17, 15) is 9.59 Å². The highest BCUT2D eigenvalue weighted by Crippen LogP contribution is 2.60. The molecule has 0 spiro atoms. The summed E-state index contributed by atoms with van der Waals surface area (Å²) >= 11 is 0. The predicted molar refractivity (Wildman–Crippen MR) is 89.8 cm³/mol. The second kappa shape index (κ2) is 6.42. The normalized spacial score (nSPS) is 36.1. The van der Waals surface area contributed by atoms with Crippen LogP contribution < -0.4 is 10.6 Å². The van der Waals surface area contributed by atoms with E-state index in [1.54, 1.807) is 6.92 Å². The van der Waals surface area contributed by atoms with Crippen molar-refractivity contribution in [3.05, 3.63) is 0 Å². The quantitative estimate of drug-likeness (QED) is 0.777. The molecule has 4 fully saturated rings. The lowest BCUT2D eigenvalue weighted by atomic mass is 9.49. The Morgan fingerprint density at radius 3 is 2.09 bits per heavy atom. The first kappa shape index (κ1) is 16.7. The van der Waals surface area contributed by atoms with Gasteiger partial charge in [-0.15, -0.1) is 0 Å². The van der Waals surface area contributed by atoms with E-state index in [2.05, 4.69) is 10.6 Å². The molecule has 0 aromatic heterocycles. The highest BCUT2D eigenvalue weighted by Gasteiger charge is 2.54. The minimum Gasteiger partial charge on any atom is -0.353 e. The topological polar surface area (TPSA) is 61.4 Å². The van der Waals surface area contributed by atoms with Crippen molar-refractivity contribution in [1.82, 2.24) is 15.5 Å². The third kappa shape index (κ3) is 3.54. The molecule has 4 bridgehead atoms. The molecule has 0 unspecified atom stereocenters. The van der Waals surface area contributed by atoms with Crippen LogP contribution in [0.15, 0.2) is 0 Å². The van der Waals surface area contributed by atoms with Crippen molar-refractivity contribution in [1.29, 1.82) is 0 Å². The molecular weight excluding hydrogens is 290 g/mol. The molecule has 5 heteroatoms. The Morgan fingerprint density at radius 1 is 1.09 bits per heavy atom. The fraction of sp³-hybridized carbons (Fsp3) is 0.889. The molecular formula is C18H31N3O2. The van der Waals surface area contributed by atoms with Crippen molar-refractivity contribution in [2.24, 2.45) is 23.2 Å². The summed E-state index contributed by atoms with van der Waals surface area (Å²) in [5.74, 6) is 2.29. The van der Waals surface area contributed by atoms with Crippen molar-refractivity contribution in [2.75, 3.05) is 27.2 Å². The van der Waals surface area contributed by atoms with E-state index in [4.69, 9.17) is 0 Å². The first-order valence-electron chi connectivity index (χ1n) is 9.11. The maximum absolute atomic E-state index is 12.9. The molecule has 0 aromatic carbocycles. The van der Waals surface area contributed by atoms with Gasteiger partial charge in [0.1, 0.15) is 6.04 Å². The standard InChI is InChI=1S/C18H31N3O2/c1-12(16(22)19-4-5-21(2)3)20-17(23)18-9-13-6-14(10-18)8-15(7-13)11-18/h12-15H,4-11H2,1-3H3,(H,19,22)(H,20,23)/t12-,13?,14?,15?,18?/m1/s1. The van der Waals surface area contributed by atoms with Crippen LogP contribution in [0.4, 0.5) is 0 Å². The van der Waals surface area contributed by atoms with E-state index >= 15 is 0 Å². The number of carbonyl (C=O) groups is 2. The summed E-state index contributed by atoms with van der Waals surface area (Å²) in [6.07, 6.45) is 7.10. The van der Waals surface area contributed by atoms with Gasteiger partial charge in [0.05, 0.1) is 0 Å². The Kier molecular flexibility index (Phi) is 4.68. The Balaban J connectivity index is 1.53. The highest BCUT2D eigenvalue weighted by molar-refractivity contribution is 5.90. The smallest absolute Gasteiger partial charge is 0.242 e. The van der Waals surface area contributed by atoms with Crippen molar-refractivity contribution in [3.8, 4) is 0 Å². The average molecular weight is 321 g/mol. The number of hydrogen-bond acceptors (Lipinski definition) is 3. The second-order valence-corrected chi connectivity index (χ2v) is 8.49. The molecule has 2 amide bonds. The summed E-state index contributed by atoms with van der Waals surface area (Å²) in [6.45, 7) is 3.22. The molecule has 130 valence electrons. The van der Waals surface area contributed by atoms with Crippen LogP contribution in [0.2, 0.25) is 0 Å². The van der Waals surface area contributed by atoms with Gasteiger partial charge < -0.3 is 15.5 Å². The first-order valence-corrected chi connectivity index (χ1v) is 9.11. The van der Waals surface area contributed by atoms with Crippen molar-refractivity contribution < 1.29 is 9.59 Å². The minimum absolute atomic E-state index is 0.0788. The van der Waals surface area contributed by atoms with E-state index in [1.807, 2.05) is 19.0 Å². The van der Waals surface area contributed by atoms with Crippen LogP contribution in [-0.2, 0) is 9.59 Å². The van der Waals surface area contributed by atoms with Crippen molar-refractivity contribution in [2.45, 2.75) is 51.5 Å². The van der Waals surface area contributed by atoms with Gasteiger partial charge in [0.2, 0.25) is 11.8 Å². The van der Waals surface area contributed by atoms with Gasteiger partial charge in [0, 0.05) is 18.5 Å². The molecule has 4 aliphatic rings. The van der Waals surface area contributed by atoms with Crippen LogP contribution in [0.25, 0.3) is 0 Å². The predicted octanol–water partition coefficient (Wildman–Crippen LogP) is 1.39. The molecule has 0 heterocycles. The van der Waals surface area contributed by atoms with Gasteiger partial charge in [-0.3, -0.25) is 9.59 Å². The number of nitrogens with one attached hydrogen (secondary N) is 2. The molecule has 1 atom stereocenters. The van der Waals surface area contributed by atoms with Crippen molar-refractivity contribution in [3.63, 3.8) is 0 Å². The van der Waals surface area contributed by atoms with E-state index in [1.165, 1.54) is 19.3 Å². The maximum Gasteiger partial charge on any atom is 0.242 e. The van der Waals surface area contributed by atoms with Gasteiger partial charge in [-0.1, -0.05) is 0 Å². The summed E-state index contributed by atoms with van der Waals surface area (Å²) in [7, 11) is 3.95. The molecule has 4 rings (SSSR count). The average Bonchev–Trinajstić information content (AvgIpc) is 2.45. The first-order chi connectivity index (χ1) is 10.9. The highest BCUT2D eigenvalue weighted by atomic mass is 16.2. The van der Waals surface area contributed by atoms with Gasteiger partial charge in [-0.05, 0) is 77.3 Å². The monoisotopic (exact) mass is 321 g/mol. The van der Waals surface area contributed by atoms with Gasteiger partial charge in [0.25, 0.3) is 0 Å². The number of likely N-dealkylation sites (N-methyl/N-ethyl adjacent to an activating group) is 1. The van der Waals surface area contributed by atoms with Crippen LogP contribution in [0, 0.1) is 23.2 Å². The van der Waals surface area contributed by atoms with Crippen LogP contribution in [0.1, 0.15) is 45.4 Å². The molecule has 0 saturated heterocycles. The second-order valence-electron chi connectivity index (χ2n) is 8.49. The van der Waals surface area contributed by atoms with Crippen molar-refractivity contribution >= 4 is 11.8 Å². The van der Waals surface area contributed by atoms with Crippen LogP contribution in [-0.4, -0.2) is 49.9 Å². The molecule has 0 aliphatic heterocycles. The number of carbonyl (C=O) groups excluding carboxylic acids is 2. The Hall–Kier alpha value is -1.10. The Morgan fingerprint density at radius 2 is 1.61 bits per heavy atom. The largest absolute Gasteiger partial charge is 0.353 e. The number of rotatable bonds is 6. The fourth-order valence-corrected chi connectivity index (χ4v) is 5.36. The van der Waals surface area contributed by atoms with Gasteiger partial charge >= 0.3 is 0 Å². The summed E-state index contributed by atoms with van der Waals surface area (Å²) in [5.41, 5.74) is -0.174. The lowest BCUT2D eigenvalue weighted by Crippen LogP contribution is -2.56. The summed E-state index contributed by atoms with van der Waals surface area (Å²) < 4.78 is 0. The lowest BCUT2D eigenvalue weighted by molar-refractivity contribution is -0.148. The van der Waals surface area contributed by atoms with Gasteiger partial charge in [-0.25, -0.2) is 0 Å². The third-order valence-electron chi connectivity index (χ3n) is 6.12. The summed E-state index contributed by atoms with van der Waals surface area (Å²) in [4.78, 5) is 27.1. The van der Waals surface area contributed by atoms with Crippen LogP contribution in [0.3, 0.4) is 0 Å². The zero-order valence-corrected chi connectivity index (χ0v) is 14.7. The lowest BCUT2D eigenvalue weighted by Gasteiger charge is -2.55. The maximum atomic E-state index is 12.9. The molecule has 0 aromatic rings. The van der Waals surface area contributed by atoms with Crippen LogP contribution in [0.5, 0.6) is 0 Å². The zero-order valence-electron chi connectivity index (χ0n) is 14.7. The minimum atomic E-state index is -0.447. The number of nitrogens with zero attached hydrogens (tertiary/aromatic N) is 1. The van der Waals surface area contributed by atoms with E-state index in [0.717, 1.165) is 43.6 Å². The van der Waals surface area contributed by atoms with Gasteiger partial charge in [0.15, 0.2) is 0 Å². The molecule has 4 saturated carbocycles. The number of hydrogen-bond donors (Lipinski definition) is 2. The molecule has 5 nitrogen and oxygen atoms in total. The molecule has 2 N–H and O–H groups in total. The molecule has 4 aliphatic carbocycles. The van der Waals surface area contributed by atoms with Gasteiger partial charge in [-0.2, -0.15) is 0 Å². The number of amides is 2. The third-order valence-corrected chi connectivity index (χ3v) is 6.12. The zero-order chi connectivity index (χ0) is 16.6. The van der Waals surface area contributed by atoms with Crippen LogP contribution >= 0.6 is 0 Å². The molecule has 0 radical (unpaired) electrons. The molecule has 23 heavy (non-hydrogen) atoms. The van der Waals surface area contributed by atoms with E-state index in [0.29, 0.717) is 6.54 Å². The fourth-order valence-electron chi connectivity index (χ4n) is 5.36. The summed E-state index contributed by atoms with van der Waals surface area (Å²) in [6, 6.07) is -0.447. The Bertz CT molecular complexity index is 440. The Labute approximate surface area is 139 Å². The van der Waals surface area contributed by atoms with E-state index in [-0.39, 0.29) is 17.2 Å². The SMILES string of the molecule is C[C@@H](NC(=O)C12CC3CC(CC(C3)C1)C2)C(=O)NCCN(C)C. The summed E-state index contributed by atoms with van der Waals surface area (Å²) in [5, 5.41) is 5.91. The van der Waals surface area contributed by atoms with E-state index < -0.39 is 6.04 Å².